The van der Waals surface area contributed by atoms with E-state index in [1.807, 2.05) is 9.80 Å². The lowest BCUT2D eigenvalue weighted by Gasteiger charge is -2.30. The van der Waals surface area contributed by atoms with Gasteiger partial charge in [-0.3, -0.25) is 24.6 Å². The Morgan fingerprint density at radius 2 is 1.58 bits per heavy atom. The lowest BCUT2D eigenvalue weighted by molar-refractivity contribution is -0.385. The van der Waals surface area contributed by atoms with Gasteiger partial charge in [-0.25, -0.2) is 0 Å². The number of rotatable bonds is 9. The van der Waals surface area contributed by atoms with Gasteiger partial charge in [0.1, 0.15) is 0 Å². The van der Waals surface area contributed by atoms with Crippen molar-refractivity contribution < 1.29 is 33.5 Å². The highest BCUT2D eigenvalue weighted by atomic mass is 32.2. The molecule has 234 valence electrons. The summed E-state index contributed by atoms with van der Waals surface area (Å²) >= 11 is 0.763. The first-order valence-electron chi connectivity index (χ1n) is 14.1. The van der Waals surface area contributed by atoms with E-state index < -0.39 is 16.1 Å². The molecule has 0 saturated carbocycles. The third kappa shape index (κ3) is 6.82. The number of carbonyl (C=O) groups is 2. The fraction of sp³-hybridized carbons (Fsp3) is 0.345. The van der Waals surface area contributed by atoms with E-state index >= 15 is 0 Å². The fourth-order valence-corrected chi connectivity index (χ4v) is 5.77. The minimum absolute atomic E-state index is 0.0927. The van der Waals surface area contributed by atoms with Crippen LogP contribution in [0.2, 0.25) is 0 Å². The molecule has 3 fully saturated rings. The first-order valence-corrected chi connectivity index (χ1v) is 15.0. The molecular formula is C29H29N7O8S. The van der Waals surface area contributed by atoms with Crippen molar-refractivity contribution in [2.45, 2.75) is 6.54 Å². The summed E-state index contributed by atoms with van der Waals surface area (Å²) in [4.78, 5) is 55.8. The normalized spacial score (nSPS) is 18.1. The lowest BCUT2D eigenvalue weighted by Crippen LogP contribution is -2.40. The van der Waals surface area contributed by atoms with Gasteiger partial charge >= 0.3 is 6.01 Å². The highest BCUT2D eigenvalue weighted by Gasteiger charge is 2.36. The van der Waals surface area contributed by atoms with E-state index in [2.05, 4.69) is 9.97 Å². The van der Waals surface area contributed by atoms with Crippen molar-refractivity contribution in [3.05, 3.63) is 68.6 Å². The molecule has 6 rings (SSSR count). The van der Waals surface area contributed by atoms with E-state index in [9.17, 15) is 19.7 Å². The van der Waals surface area contributed by atoms with Gasteiger partial charge in [-0.05, 0) is 35.5 Å². The highest BCUT2D eigenvalue weighted by Crippen LogP contribution is 2.37. The Morgan fingerprint density at radius 3 is 2.20 bits per heavy atom. The molecule has 2 amide bonds. The summed E-state index contributed by atoms with van der Waals surface area (Å²) in [6.07, 6.45) is 1.56. The van der Waals surface area contributed by atoms with Crippen LogP contribution in [0.5, 0.6) is 17.5 Å². The molecule has 2 aromatic carbocycles. The average molecular weight is 636 g/mol. The van der Waals surface area contributed by atoms with Crippen LogP contribution in [-0.2, 0) is 20.8 Å². The van der Waals surface area contributed by atoms with Crippen molar-refractivity contribution in [1.82, 2.24) is 19.9 Å². The number of para-hydroxylation sites is 1. The van der Waals surface area contributed by atoms with Crippen LogP contribution < -0.4 is 19.3 Å². The van der Waals surface area contributed by atoms with Crippen LogP contribution in [0.1, 0.15) is 11.1 Å². The maximum absolute atomic E-state index is 13.1. The maximum Gasteiger partial charge on any atom is 0.328 e. The molecule has 0 unspecified atom stereocenters. The Labute approximate surface area is 261 Å². The number of morpholine rings is 2. The molecule has 3 aromatic rings. The van der Waals surface area contributed by atoms with E-state index in [1.54, 1.807) is 30.3 Å². The summed E-state index contributed by atoms with van der Waals surface area (Å²) in [5.74, 6) is 1.11. The van der Waals surface area contributed by atoms with Crippen molar-refractivity contribution in [3.8, 4) is 17.5 Å². The Morgan fingerprint density at radius 1 is 0.933 bits per heavy atom. The van der Waals surface area contributed by atoms with Gasteiger partial charge in [-0.2, -0.15) is 15.0 Å². The van der Waals surface area contributed by atoms with Crippen molar-refractivity contribution >= 4 is 46.6 Å². The standard InChI is InChI=1S/C29H29N7O8S/c1-41-23-16-19(17-24-25(37)35(29(38)45-24)18-20-4-2-3-5-21(20)36(39)40)6-7-22(23)44-28-31-26(33-8-12-42-13-9-33)30-27(32-28)34-10-14-43-15-11-34/h2-7,16-17H,8-15,18H2,1H3/b24-17-. The van der Waals surface area contributed by atoms with Crippen LogP contribution in [0, 0.1) is 10.1 Å². The van der Waals surface area contributed by atoms with Gasteiger partial charge < -0.3 is 28.7 Å². The molecule has 0 radical (unpaired) electrons. The van der Waals surface area contributed by atoms with Gasteiger partial charge in [-0.1, -0.05) is 24.3 Å². The molecule has 15 nitrogen and oxygen atoms in total. The first kappa shape index (κ1) is 30.2. The Balaban J connectivity index is 1.23. The monoisotopic (exact) mass is 635 g/mol. The maximum atomic E-state index is 13.1. The molecule has 3 aliphatic heterocycles. The summed E-state index contributed by atoms with van der Waals surface area (Å²) in [6, 6.07) is 11.1. The second-order valence-electron chi connectivity index (χ2n) is 10.1. The lowest BCUT2D eigenvalue weighted by atomic mass is 10.1. The molecule has 0 N–H and O–H groups in total. The second kappa shape index (κ2) is 13.5. The summed E-state index contributed by atoms with van der Waals surface area (Å²) < 4.78 is 22.7. The number of nitrogens with zero attached hydrogens (tertiary/aromatic N) is 7. The van der Waals surface area contributed by atoms with E-state index in [0.29, 0.717) is 81.6 Å². The molecule has 0 atom stereocenters. The van der Waals surface area contributed by atoms with Crippen LogP contribution in [0.15, 0.2) is 47.4 Å². The molecule has 0 spiro atoms. The number of anilines is 2. The van der Waals surface area contributed by atoms with Gasteiger partial charge in [0.2, 0.25) is 11.9 Å². The molecular weight excluding hydrogens is 606 g/mol. The number of benzene rings is 2. The highest BCUT2D eigenvalue weighted by molar-refractivity contribution is 8.18. The molecule has 16 heteroatoms. The van der Waals surface area contributed by atoms with Gasteiger partial charge in [0.15, 0.2) is 11.5 Å². The number of imide groups is 1. The quantitative estimate of drug-likeness (QED) is 0.191. The van der Waals surface area contributed by atoms with Crippen molar-refractivity contribution in [3.63, 3.8) is 0 Å². The van der Waals surface area contributed by atoms with Gasteiger partial charge in [0, 0.05) is 37.8 Å². The Hall–Kier alpha value is -4.80. The van der Waals surface area contributed by atoms with E-state index in [0.717, 1.165) is 16.7 Å². The van der Waals surface area contributed by atoms with Gasteiger partial charge in [0.25, 0.3) is 16.8 Å². The third-order valence-corrected chi connectivity index (χ3v) is 8.16. The Kier molecular flexibility index (Phi) is 9.04. The summed E-state index contributed by atoms with van der Waals surface area (Å²) in [7, 11) is 1.48. The molecule has 4 heterocycles. The first-order chi connectivity index (χ1) is 21.9. The number of nitro groups is 1. The minimum atomic E-state index is -0.543. The molecule has 1 aromatic heterocycles. The average Bonchev–Trinajstić information content (AvgIpc) is 3.33. The molecule has 3 aliphatic rings. The van der Waals surface area contributed by atoms with Crippen molar-refractivity contribution in [1.29, 1.82) is 0 Å². The fourth-order valence-electron chi connectivity index (χ4n) is 4.93. The van der Waals surface area contributed by atoms with E-state index in [-0.39, 0.29) is 28.7 Å². The number of carbonyl (C=O) groups excluding carboxylic acids is 2. The zero-order chi connectivity index (χ0) is 31.3. The number of nitro benzene ring substituents is 1. The van der Waals surface area contributed by atoms with Gasteiger partial charge in [-0.15, -0.1) is 0 Å². The number of hydrogen-bond donors (Lipinski definition) is 0. The van der Waals surface area contributed by atoms with Crippen LogP contribution >= 0.6 is 11.8 Å². The van der Waals surface area contributed by atoms with Crippen LogP contribution in [0.3, 0.4) is 0 Å². The molecule has 3 saturated heterocycles. The Bertz CT molecular complexity index is 1610. The minimum Gasteiger partial charge on any atom is -0.493 e. The van der Waals surface area contributed by atoms with Crippen LogP contribution in [0.25, 0.3) is 6.08 Å². The van der Waals surface area contributed by atoms with E-state index in [1.165, 1.54) is 25.3 Å². The van der Waals surface area contributed by atoms with Crippen LogP contribution in [-0.4, -0.2) is 95.6 Å². The number of hydrogen-bond acceptors (Lipinski definition) is 14. The third-order valence-electron chi connectivity index (χ3n) is 7.26. The predicted molar refractivity (Wildman–Crippen MR) is 164 cm³/mol. The molecule has 0 bridgehead atoms. The largest absolute Gasteiger partial charge is 0.493 e. The topological polar surface area (TPSA) is 163 Å². The smallest absolute Gasteiger partial charge is 0.328 e. The summed E-state index contributed by atoms with van der Waals surface area (Å²) in [6.45, 7) is 4.60. The predicted octanol–water partition coefficient (Wildman–Crippen LogP) is 3.49. The zero-order valence-corrected chi connectivity index (χ0v) is 25.1. The van der Waals surface area contributed by atoms with Crippen LogP contribution in [0.4, 0.5) is 22.4 Å². The zero-order valence-electron chi connectivity index (χ0n) is 24.3. The summed E-state index contributed by atoms with van der Waals surface area (Å²) in [5, 5.41) is 10.9. The second-order valence-corrected chi connectivity index (χ2v) is 11.1. The molecule has 0 aliphatic carbocycles. The number of aromatic nitrogens is 3. The number of ether oxygens (including phenoxy) is 4. The summed E-state index contributed by atoms with van der Waals surface area (Å²) in [5.41, 5.74) is 0.684. The molecule has 45 heavy (non-hydrogen) atoms. The van der Waals surface area contributed by atoms with E-state index in [4.69, 9.17) is 23.9 Å². The number of amides is 2. The SMILES string of the molecule is COc1cc(/C=C2\SC(=O)N(Cc3ccccc3[N+](=O)[O-])C2=O)ccc1Oc1nc(N2CCOCC2)nc(N2CCOCC2)n1. The van der Waals surface area contributed by atoms with Gasteiger partial charge in [0.05, 0.1) is 49.9 Å². The van der Waals surface area contributed by atoms with Crippen molar-refractivity contribution in [2.75, 3.05) is 69.5 Å². The van der Waals surface area contributed by atoms with Crippen molar-refractivity contribution in [2.24, 2.45) is 0 Å². The number of thioether (sulfide) groups is 1. The number of methoxy groups -OCH3 is 1.